The van der Waals surface area contributed by atoms with Gasteiger partial charge in [0.25, 0.3) is 0 Å². The standard InChI is InChI=1S/C23H16Cl3NO3S/c1-12-9-16(13(2)27(12)14-7-8-17(24)18(25)10-14)19(28)11-30-23(29)22-21(26)15-5-3-4-6-20(15)31-22/h3-10H,11H2,1-2H3. The number of hydrogen-bond acceptors (Lipinski definition) is 4. The van der Waals surface area contributed by atoms with Crippen LogP contribution in [0.3, 0.4) is 0 Å². The second kappa shape index (κ2) is 8.67. The third-order valence-corrected chi connectivity index (χ3v) is 7.34. The van der Waals surface area contributed by atoms with Crippen molar-refractivity contribution >= 4 is 68.0 Å². The van der Waals surface area contributed by atoms with Gasteiger partial charge in [0.2, 0.25) is 5.78 Å². The summed E-state index contributed by atoms with van der Waals surface area (Å²) in [7, 11) is 0. The van der Waals surface area contributed by atoms with Crippen molar-refractivity contribution < 1.29 is 14.3 Å². The van der Waals surface area contributed by atoms with E-state index in [0.717, 1.165) is 27.2 Å². The van der Waals surface area contributed by atoms with Gasteiger partial charge in [-0.25, -0.2) is 4.79 Å². The lowest BCUT2D eigenvalue weighted by Crippen LogP contribution is -2.14. The summed E-state index contributed by atoms with van der Waals surface area (Å²) in [6.45, 7) is 3.33. The zero-order valence-electron chi connectivity index (χ0n) is 16.5. The van der Waals surface area contributed by atoms with Crippen LogP contribution in [0.2, 0.25) is 15.1 Å². The Morgan fingerprint density at radius 2 is 1.74 bits per heavy atom. The van der Waals surface area contributed by atoms with Gasteiger partial charge >= 0.3 is 5.97 Å². The Kier molecular flexibility index (Phi) is 6.13. The number of thiophene rings is 1. The minimum Gasteiger partial charge on any atom is -0.453 e. The molecule has 4 aromatic rings. The number of esters is 1. The second-order valence-corrected chi connectivity index (χ2v) is 9.20. The zero-order valence-corrected chi connectivity index (χ0v) is 19.6. The monoisotopic (exact) mass is 491 g/mol. The maximum atomic E-state index is 12.8. The Bertz CT molecular complexity index is 1340. The molecule has 0 fully saturated rings. The summed E-state index contributed by atoms with van der Waals surface area (Å²) in [5, 5.41) is 2.01. The van der Waals surface area contributed by atoms with Crippen molar-refractivity contribution in [3.63, 3.8) is 0 Å². The van der Waals surface area contributed by atoms with E-state index in [0.29, 0.717) is 20.6 Å². The number of carbonyl (C=O) groups is 2. The van der Waals surface area contributed by atoms with Crippen LogP contribution in [0.5, 0.6) is 0 Å². The van der Waals surface area contributed by atoms with Crippen molar-refractivity contribution in [2.75, 3.05) is 6.61 Å². The lowest BCUT2D eigenvalue weighted by atomic mass is 10.1. The Morgan fingerprint density at radius 1 is 1.00 bits per heavy atom. The predicted molar refractivity (Wildman–Crippen MR) is 127 cm³/mol. The molecule has 4 nitrogen and oxygen atoms in total. The average Bonchev–Trinajstić information content (AvgIpc) is 3.24. The molecule has 0 spiro atoms. The van der Waals surface area contributed by atoms with Gasteiger partial charge in [-0.3, -0.25) is 4.79 Å². The molecular formula is C23H16Cl3NO3S. The highest BCUT2D eigenvalue weighted by Gasteiger charge is 2.22. The molecule has 0 aliphatic heterocycles. The minimum atomic E-state index is -0.613. The summed E-state index contributed by atoms with van der Waals surface area (Å²) in [6.07, 6.45) is 0. The molecule has 31 heavy (non-hydrogen) atoms. The van der Waals surface area contributed by atoms with E-state index in [1.54, 1.807) is 18.2 Å². The maximum absolute atomic E-state index is 12.8. The van der Waals surface area contributed by atoms with Gasteiger partial charge < -0.3 is 9.30 Å². The number of nitrogens with zero attached hydrogens (tertiary/aromatic N) is 1. The molecule has 0 unspecified atom stereocenters. The fourth-order valence-electron chi connectivity index (χ4n) is 3.49. The first-order valence-corrected chi connectivity index (χ1v) is 11.2. The van der Waals surface area contributed by atoms with Gasteiger partial charge in [-0.15, -0.1) is 11.3 Å². The first-order valence-electron chi connectivity index (χ1n) is 9.29. The Labute approximate surface area is 197 Å². The van der Waals surface area contributed by atoms with Crippen LogP contribution in [-0.2, 0) is 4.74 Å². The summed E-state index contributed by atoms with van der Waals surface area (Å²) in [5.74, 6) is -0.914. The average molecular weight is 493 g/mol. The van der Waals surface area contributed by atoms with Crippen molar-refractivity contribution in [1.82, 2.24) is 4.57 Å². The van der Waals surface area contributed by atoms with E-state index in [2.05, 4.69) is 0 Å². The second-order valence-electron chi connectivity index (χ2n) is 6.96. The van der Waals surface area contributed by atoms with Gasteiger partial charge in [0.15, 0.2) is 6.61 Å². The van der Waals surface area contributed by atoms with Crippen LogP contribution in [0.25, 0.3) is 15.8 Å². The molecule has 0 N–H and O–H groups in total. The molecule has 2 aromatic heterocycles. The van der Waals surface area contributed by atoms with Gasteiger partial charge in [0.1, 0.15) is 4.88 Å². The van der Waals surface area contributed by atoms with Crippen LogP contribution >= 0.6 is 46.1 Å². The molecule has 8 heteroatoms. The molecule has 0 aliphatic carbocycles. The topological polar surface area (TPSA) is 48.3 Å². The smallest absolute Gasteiger partial charge is 0.350 e. The van der Waals surface area contributed by atoms with Crippen LogP contribution in [0, 0.1) is 13.8 Å². The number of ether oxygens (including phenoxy) is 1. The van der Waals surface area contributed by atoms with E-state index in [-0.39, 0.29) is 17.3 Å². The maximum Gasteiger partial charge on any atom is 0.350 e. The highest BCUT2D eigenvalue weighted by atomic mass is 35.5. The van der Waals surface area contributed by atoms with Crippen molar-refractivity contribution in [1.29, 1.82) is 0 Å². The van der Waals surface area contributed by atoms with Crippen molar-refractivity contribution in [2.45, 2.75) is 13.8 Å². The van der Waals surface area contributed by atoms with Crippen molar-refractivity contribution in [2.24, 2.45) is 0 Å². The predicted octanol–water partition coefficient (Wildman–Crippen LogP) is 7.31. The zero-order chi connectivity index (χ0) is 22.3. The molecule has 4 rings (SSSR count). The highest BCUT2D eigenvalue weighted by Crippen LogP contribution is 2.35. The summed E-state index contributed by atoms with van der Waals surface area (Å²) >= 11 is 19.7. The van der Waals surface area contributed by atoms with Crippen LogP contribution in [0.1, 0.15) is 31.4 Å². The largest absolute Gasteiger partial charge is 0.453 e. The van der Waals surface area contributed by atoms with E-state index < -0.39 is 5.97 Å². The van der Waals surface area contributed by atoms with E-state index in [9.17, 15) is 9.59 Å². The molecule has 0 bridgehead atoms. The fraction of sp³-hybridized carbons (Fsp3) is 0.130. The van der Waals surface area contributed by atoms with Gasteiger partial charge in [-0.05, 0) is 44.2 Å². The first kappa shape index (κ1) is 21.9. The quantitative estimate of drug-likeness (QED) is 0.217. The van der Waals surface area contributed by atoms with Crippen LogP contribution in [-0.4, -0.2) is 22.9 Å². The lowest BCUT2D eigenvalue weighted by Gasteiger charge is -2.11. The minimum absolute atomic E-state index is 0.289. The summed E-state index contributed by atoms with van der Waals surface area (Å²) in [5.41, 5.74) is 2.83. The van der Waals surface area contributed by atoms with Gasteiger partial charge in [0, 0.05) is 32.7 Å². The number of halogens is 3. The van der Waals surface area contributed by atoms with E-state index in [1.807, 2.05) is 48.7 Å². The van der Waals surface area contributed by atoms with E-state index in [4.69, 9.17) is 39.5 Å². The molecule has 0 radical (unpaired) electrons. The molecule has 0 aliphatic rings. The van der Waals surface area contributed by atoms with E-state index >= 15 is 0 Å². The van der Waals surface area contributed by atoms with Crippen molar-refractivity contribution in [3.8, 4) is 5.69 Å². The number of aromatic nitrogens is 1. The normalized spacial score (nSPS) is 11.1. The fourth-order valence-corrected chi connectivity index (χ4v) is 5.18. The number of carbonyl (C=O) groups excluding carboxylic acids is 2. The number of hydrogen-bond donors (Lipinski definition) is 0. The number of Topliss-reactive ketones (excluding diaryl/α,β-unsaturated/α-hetero) is 1. The molecule has 0 atom stereocenters. The Balaban J connectivity index is 1.54. The lowest BCUT2D eigenvalue weighted by molar-refractivity contribution is 0.0479. The molecule has 2 aromatic carbocycles. The number of fused-ring (bicyclic) bond motifs is 1. The van der Waals surface area contributed by atoms with Crippen molar-refractivity contribution in [3.05, 3.63) is 85.4 Å². The third kappa shape index (κ3) is 4.11. The van der Waals surface area contributed by atoms with Crippen LogP contribution in [0.15, 0.2) is 48.5 Å². The Morgan fingerprint density at radius 3 is 2.45 bits per heavy atom. The first-order chi connectivity index (χ1) is 14.8. The van der Waals surface area contributed by atoms with Gasteiger partial charge in [-0.2, -0.15) is 0 Å². The third-order valence-electron chi connectivity index (χ3n) is 4.95. The number of rotatable bonds is 5. The Hall–Kier alpha value is -2.31. The highest BCUT2D eigenvalue weighted by molar-refractivity contribution is 7.21. The molecule has 0 saturated heterocycles. The molecular weight excluding hydrogens is 477 g/mol. The molecule has 2 heterocycles. The number of aryl methyl sites for hydroxylation is 1. The van der Waals surface area contributed by atoms with Gasteiger partial charge in [-0.1, -0.05) is 53.0 Å². The summed E-state index contributed by atoms with van der Waals surface area (Å²) in [6, 6.07) is 14.5. The SMILES string of the molecule is Cc1cc(C(=O)COC(=O)c2sc3ccccc3c2Cl)c(C)n1-c1ccc(Cl)c(Cl)c1. The van der Waals surface area contributed by atoms with Crippen LogP contribution < -0.4 is 0 Å². The molecule has 158 valence electrons. The molecule has 0 amide bonds. The summed E-state index contributed by atoms with van der Waals surface area (Å²) in [4.78, 5) is 25.6. The summed E-state index contributed by atoms with van der Waals surface area (Å²) < 4.78 is 8.08. The van der Waals surface area contributed by atoms with Crippen LogP contribution in [0.4, 0.5) is 0 Å². The number of benzene rings is 2. The van der Waals surface area contributed by atoms with Gasteiger partial charge in [0.05, 0.1) is 15.1 Å². The van der Waals surface area contributed by atoms with E-state index in [1.165, 1.54) is 11.3 Å². The molecule has 0 saturated carbocycles. The number of ketones is 1.